The van der Waals surface area contributed by atoms with Crippen LogP contribution in [0.25, 0.3) is 11.3 Å². The molecule has 0 fully saturated rings. The number of nitrogens with one attached hydrogen (secondary N) is 1. The molecule has 1 aromatic heterocycles. The first kappa shape index (κ1) is 13.1. The zero-order valence-electron chi connectivity index (χ0n) is 10.8. The quantitative estimate of drug-likeness (QED) is 0.908. The molecule has 0 amide bonds. The number of halogens is 1. The fraction of sp³-hybridized carbons (Fsp3) is 0.357. The van der Waals surface area contributed by atoms with Crippen LogP contribution in [0.3, 0.4) is 0 Å². The highest BCUT2D eigenvalue weighted by Gasteiger charge is 2.12. The van der Waals surface area contributed by atoms with Crippen LogP contribution >= 0.6 is 11.6 Å². The number of nitrogens with zero attached hydrogens (tertiary/aromatic N) is 1. The van der Waals surface area contributed by atoms with Crippen LogP contribution in [0.4, 0.5) is 0 Å². The maximum Gasteiger partial charge on any atom is 0.211 e. The Hall–Kier alpha value is -1.32. The molecule has 3 nitrogen and oxygen atoms in total. The first-order chi connectivity index (χ1) is 8.61. The molecular formula is C14H17ClN2O. The van der Waals surface area contributed by atoms with Crippen molar-refractivity contribution in [3.63, 3.8) is 0 Å². The summed E-state index contributed by atoms with van der Waals surface area (Å²) in [5.74, 6) is 1.48. The molecule has 2 aromatic rings. The van der Waals surface area contributed by atoms with Crippen molar-refractivity contribution in [3.8, 4) is 11.3 Å². The standard InChI is InChI=1S/C14H17ClN2O/c1-4-16-10(3)14-17-8-13(18-14)11-5-6-12(15)9(2)7-11/h5-8,10,16H,4H2,1-3H3. The summed E-state index contributed by atoms with van der Waals surface area (Å²) in [4.78, 5) is 4.30. The molecule has 2 rings (SSSR count). The minimum absolute atomic E-state index is 0.122. The van der Waals surface area contributed by atoms with Crippen molar-refractivity contribution in [2.45, 2.75) is 26.8 Å². The lowest BCUT2D eigenvalue weighted by atomic mass is 10.1. The van der Waals surface area contributed by atoms with Gasteiger partial charge in [0, 0.05) is 10.6 Å². The van der Waals surface area contributed by atoms with Gasteiger partial charge in [0.05, 0.1) is 12.2 Å². The summed E-state index contributed by atoms with van der Waals surface area (Å²) >= 11 is 6.01. The SMILES string of the molecule is CCNC(C)c1ncc(-c2ccc(Cl)c(C)c2)o1. The molecular weight excluding hydrogens is 248 g/mol. The van der Waals surface area contributed by atoms with E-state index in [4.69, 9.17) is 16.0 Å². The second-order valence-corrected chi connectivity index (χ2v) is 4.71. The molecule has 0 spiro atoms. The van der Waals surface area contributed by atoms with E-state index in [2.05, 4.69) is 17.2 Å². The van der Waals surface area contributed by atoms with Crippen LogP contribution in [0, 0.1) is 6.92 Å². The Morgan fingerprint density at radius 1 is 1.44 bits per heavy atom. The summed E-state index contributed by atoms with van der Waals surface area (Å²) in [6, 6.07) is 5.95. The Bertz CT molecular complexity index is 536. The van der Waals surface area contributed by atoms with E-state index in [1.54, 1.807) is 6.20 Å². The maximum absolute atomic E-state index is 6.01. The van der Waals surface area contributed by atoms with Gasteiger partial charge >= 0.3 is 0 Å². The first-order valence-electron chi connectivity index (χ1n) is 6.07. The summed E-state index contributed by atoms with van der Waals surface area (Å²) in [6.07, 6.45) is 1.76. The monoisotopic (exact) mass is 264 g/mol. The number of rotatable bonds is 4. The second kappa shape index (κ2) is 5.55. The highest BCUT2D eigenvalue weighted by Crippen LogP contribution is 2.26. The number of benzene rings is 1. The van der Waals surface area contributed by atoms with Crippen molar-refractivity contribution in [2.75, 3.05) is 6.54 Å². The van der Waals surface area contributed by atoms with Gasteiger partial charge in [0.2, 0.25) is 5.89 Å². The summed E-state index contributed by atoms with van der Waals surface area (Å²) in [5.41, 5.74) is 2.03. The molecule has 1 unspecified atom stereocenters. The average Bonchev–Trinajstić information content (AvgIpc) is 2.82. The molecule has 1 N–H and O–H groups in total. The van der Waals surface area contributed by atoms with Crippen LogP contribution in [0.15, 0.2) is 28.8 Å². The third kappa shape index (κ3) is 2.74. The Balaban J connectivity index is 2.26. The summed E-state index contributed by atoms with van der Waals surface area (Å²) in [6.45, 7) is 6.96. The van der Waals surface area contributed by atoms with Crippen LogP contribution in [-0.4, -0.2) is 11.5 Å². The Morgan fingerprint density at radius 2 is 2.22 bits per heavy atom. The van der Waals surface area contributed by atoms with Crippen LogP contribution in [0.1, 0.15) is 31.3 Å². The zero-order valence-corrected chi connectivity index (χ0v) is 11.6. The van der Waals surface area contributed by atoms with E-state index in [1.807, 2.05) is 32.0 Å². The van der Waals surface area contributed by atoms with E-state index < -0.39 is 0 Å². The number of oxazole rings is 1. The molecule has 96 valence electrons. The third-order valence-corrected chi connectivity index (χ3v) is 3.27. The van der Waals surface area contributed by atoms with Gasteiger partial charge in [-0.25, -0.2) is 4.98 Å². The Morgan fingerprint density at radius 3 is 2.89 bits per heavy atom. The predicted octanol–water partition coefficient (Wildman–Crippen LogP) is 3.97. The van der Waals surface area contributed by atoms with Gasteiger partial charge in [-0.15, -0.1) is 0 Å². The fourth-order valence-electron chi connectivity index (χ4n) is 1.81. The Labute approximate surface area is 112 Å². The molecule has 1 heterocycles. The molecule has 1 aromatic carbocycles. The molecule has 0 saturated heterocycles. The highest BCUT2D eigenvalue weighted by atomic mass is 35.5. The highest BCUT2D eigenvalue weighted by molar-refractivity contribution is 6.31. The maximum atomic E-state index is 6.01. The number of hydrogen-bond donors (Lipinski definition) is 1. The largest absolute Gasteiger partial charge is 0.439 e. The summed E-state index contributed by atoms with van der Waals surface area (Å²) in [7, 11) is 0. The van der Waals surface area contributed by atoms with Gasteiger partial charge in [0.15, 0.2) is 5.76 Å². The van der Waals surface area contributed by atoms with E-state index in [0.717, 1.165) is 28.5 Å². The molecule has 0 aliphatic carbocycles. The average molecular weight is 265 g/mol. The molecule has 0 saturated carbocycles. The van der Waals surface area contributed by atoms with Gasteiger partial charge < -0.3 is 9.73 Å². The van der Waals surface area contributed by atoms with Gasteiger partial charge in [0.1, 0.15) is 0 Å². The molecule has 18 heavy (non-hydrogen) atoms. The fourth-order valence-corrected chi connectivity index (χ4v) is 1.93. The molecule has 4 heteroatoms. The molecule has 0 bridgehead atoms. The lowest BCUT2D eigenvalue weighted by Gasteiger charge is -2.07. The van der Waals surface area contributed by atoms with Crippen molar-refractivity contribution in [1.29, 1.82) is 0 Å². The number of aryl methyl sites for hydroxylation is 1. The van der Waals surface area contributed by atoms with Crippen LogP contribution in [-0.2, 0) is 0 Å². The van der Waals surface area contributed by atoms with Crippen LogP contribution in [0.2, 0.25) is 5.02 Å². The van der Waals surface area contributed by atoms with Gasteiger partial charge in [0.25, 0.3) is 0 Å². The van der Waals surface area contributed by atoms with E-state index in [9.17, 15) is 0 Å². The zero-order chi connectivity index (χ0) is 13.1. The first-order valence-corrected chi connectivity index (χ1v) is 6.45. The van der Waals surface area contributed by atoms with Crippen LogP contribution in [0.5, 0.6) is 0 Å². The third-order valence-electron chi connectivity index (χ3n) is 2.85. The molecule has 0 aliphatic rings. The second-order valence-electron chi connectivity index (χ2n) is 4.31. The smallest absolute Gasteiger partial charge is 0.211 e. The number of hydrogen-bond acceptors (Lipinski definition) is 3. The predicted molar refractivity (Wildman–Crippen MR) is 73.8 cm³/mol. The molecule has 1 atom stereocenters. The number of aromatic nitrogens is 1. The summed E-state index contributed by atoms with van der Waals surface area (Å²) in [5, 5.41) is 4.03. The lowest BCUT2D eigenvalue weighted by molar-refractivity contribution is 0.429. The van der Waals surface area contributed by atoms with Gasteiger partial charge in [-0.2, -0.15) is 0 Å². The van der Waals surface area contributed by atoms with Crippen molar-refractivity contribution < 1.29 is 4.42 Å². The normalized spacial score (nSPS) is 12.7. The van der Waals surface area contributed by atoms with Crippen molar-refractivity contribution in [1.82, 2.24) is 10.3 Å². The van der Waals surface area contributed by atoms with Crippen molar-refractivity contribution in [2.24, 2.45) is 0 Å². The van der Waals surface area contributed by atoms with Gasteiger partial charge in [-0.1, -0.05) is 18.5 Å². The van der Waals surface area contributed by atoms with Gasteiger partial charge in [-0.3, -0.25) is 0 Å². The van der Waals surface area contributed by atoms with Crippen LogP contribution < -0.4 is 5.32 Å². The van der Waals surface area contributed by atoms with E-state index in [1.165, 1.54) is 0 Å². The minimum atomic E-state index is 0.122. The van der Waals surface area contributed by atoms with E-state index in [0.29, 0.717) is 5.89 Å². The van der Waals surface area contributed by atoms with E-state index >= 15 is 0 Å². The topological polar surface area (TPSA) is 38.1 Å². The van der Waals surface area contributed by atoms with Crippen molar-refractivity contribution >= 4 is 11.6 Å². The molecule has 0 aliphatic heterocycles. The van der Waals surface area contributed by atoms with Crippen molar-refractivity contribution in [3.05, 3.63) is 40.9 Å². The van der Waals surface area contributed by atoms with E-state index in [-0.39, 0.29) is 6.04 Å². The van der Waals surface area contributed by atoms with Gasteiger partial charge in [-0.05, 0) is 44.2 Å². The molecule has 0 radical (unpaired) electrons. The minimum Gasteiger partial charge on any atom is -0.439 e. The Kier molecular flexibility index (Phi) is 4.04. The lowest BCUT2D eigenvalue weighted by Crippen LogP contribution is -2.17. The summed E-state index contributed by atoms with van der Waals surface area (Å²) < 4.78 is 5.76.